The molecule has 1 heterocycles. The van der Waals surface area contributed by atoms with Gasteiger partial charge < -0.3 is 5.32 Å². The van der Waals surface area contributed by atoms with Gasteiger partial charge >= 0.3 is 0 Å². The van der Waals surface area contributed by atoms with Gasteiger partial charge in [0.25, 0.3) is 0 Å². The van der Waals surface area contributed by atoms with Crippen molar-refractivity contribution in [1.29, 1.82) is 0 Å². The summed E-state index contributed by atoms with van der Waals surface area (Å²) in [5.74, 6) is 0.392. The third-order valence-corrected chi connectivity index (χ3v) is 5.34. The van der Waals surface area contributed by atoms with E-state index >= 15 is 0 Å². The van der Waals surface area contributed by atoms with Crippen LogP contribution in [0.3, 0.4) is 0 Å². The average molecular weight is 427 g/mol. The lowest BCUT2D eigenvalue weighted by Crippen LogP contribution is -2.21. The predicted molar refractivity (Wildman–Crippen MR) is 115 cm³/mol. The highest BCUT2D eigenvalue weighted by atomic mass is 32.2. The molecule has 3 aromatic rings. The Labute approximate surface area is 178 Å². The maximum Gasteiger partial charge on any atom is 0.216 e. The highest BCUT2D eigenvalue weighted by Gasteiger charge is 2.16. The first-order chi connectivity index (χ1) is 14.4. The molecule has 3 rings (SSSR count). The molecule has 1 aromatic heterocycles. The van der Waals surface area contributed by atoms with Gasteiger partial charge in [-0.25, -0.2) is 4.39 Å². The van der Waals surface area contributed by atoms with E-state index in [2.05, 4.69) is 15.5 Å². The molecule has 156 valence electrons. The predicted octanol–water partition coefficient (Wildman–Crippen LogP) is 3.76. The van der Waals surface area contributed by atoms with Gasteiger partial charge in [0.2, 0.25) is 5.91 Å². The molecule has 1 amide bonds. The number of carbonyl (C=O) groups excluding carboxylic acids is 2. The first-order valence-corrected chi connectivity index (χ1v) is 10.6. The van der Waals surface area contributed by atoms with Crippen molar-refractivity contribution in [3.63, 3.8) is 0 Å². The summed E-state index contributed by atoms with van der Waals surface area (Å²) in [7, 11) is 0. The molecule has 0 aliphatic heterocycles. The van der Waals surface area contributed by atoms with Crippen LogP contribution < -0.4 is 5.32 Å². The number of aryl methyl sites for hydroxylation is 2. The van der Waals surface area contributed by atoms with Gasteiger partial charge in [-0.1, -0.05) is 23.9 Å². The minimum atomic E-state index is -0.373. The zero-order valence-electron chi connectivity index (χ0n) is 16.9. The van der Waals surface area contributed by atoms with Crippen LogP contribution in [-0.2, 0) is 11.2 Å². The summed E-state index contributed by atoms with van der Waals surface area (Å²) in [4.78, 5) is 23.5. The number of nitrogens with zero attached hydrogens (tertiary/aromatic N) is 3. The van der Waals surface area contributed by atoms with E-state index in [1.54, 1.807) is 0 Å². The maximum absolute atomic E-state index is 13.1. The lowest BCUT2D eigenvalue weighted by molar-refractivity contribution is -0.118. The largest absolute Gasteiger partial charge is 0.356 e. The molecule has 0 unspecified atom stereocenters. The van der Waals surface area contributed by atoms with Crippen molar-refractivity contribution in [2.75, 3.05) is 12.3 Å². The van der Waals surface area contributed by atoms with Crippen molar-refractivity contribution >= 4 is 23.5 Å². The summed E-state index contributed by atoms with van der Waals surface area (Å²) in [5, 5.41) is 12.0. The molecule has 0 atom stereocenters. The lowest BCUT2D eigenvalue weighted by atomic mass is 10.1. The number of Topliss-reactive ketones (excluding diaryl/α,β-unsaturated/α-hetero) is 1. The number of rotatable bonds is 9. The van der Waals surface area contributed by atoms with E-state index in [-0.39, 0.29) is 23.3 Å². The highest BCUT2D eigenvalue weighted by molar-refractivity contribution is 7.99. The summed E-state index contributed by atoms with van der Waals surface area (Å²) >= 11 is 1.30. The van der Waals surface area contributed by atoms with Gasteiger partial charge in [-0.3, -0.25) is 14.2 Å². The molecule has 0 saturated carbocycles. The van der Waals surface area contributed by atoms with Gasteiger partial charge in [0, 0.05) is 31.1 Å². The number of hydrogen-bond acceptors (Lipinski definition) is 5. The molecule has 0 radical (unpaired) electrons. The van der Waals surface area contributed by atoms with E-state index in [9.17, 15) is 14.0 Å². The first kappa shape index (κ1) is 21.7. The van der Waals surface area contributed by atoms with E-state index in [1.165, 1.54) is 43.0 Å². The number of amides is 1. The number of nitrogens with one attached hydrogen (secondary N) is 1. The van der Waals surface area contributed by atoms with Crippen molar-refractivity contribution in [3.05, 3.63) is 71.3 Å². The number of benzene rings is 2. The van der Waals surface area contributed by atoms with E-state index < -0.39 is 0 Å². The fourth-order valence-electron chi connectivity index (χ4n) is 2.94. The molecule has 0 aliphatic rings. The van der Waals surface area contributed by atoms with Crippen LogP contribution in [0.15, 0.2) is 53.7 Å². The van der Waals surface area contributed by atoms with Gasteiger partial charge in [0.1, 0.15) is 11.6 Å². The highest BCUT2D eigenvalue weighted by Crippen LogP contribution is 2.24. The summed E-state index contributed by atoms with van der Waals surface area (Å²) in [6.45, 7) is 4.05. The number of halogens is 1. The fourth-order valence-corrected chi connectivity index (χ4v) is 3.81. The van der Waals surface area contributed by atoms with Crippen LogP contribution in [0.5, 0.6) is 0 Å². The summed E-state index contributed by atoms with van der Waals surface area (Å²) in [6, 6.07) is 13.5. The Morgan fingerprint density at radius 1 is 1.13 bits per heavy atom. The first-order valence-electron chi connectivity index (χ1n) is 9.61. The van der Waals surface area contributed by atoms with Gasteiger partial charge in [0.05, 0.1) is 5.75 Å². The topological polar surface area (TPSA) is 76.9 Å². The van der Waals surface area contributed by atoms with Gasteiger partial charge in [0.15, 0.2) is 10.9 Å². The molecule has 0 aliphatic carbocycles. The maximum atomic E-state index is 13.1. The quantitative estimate of drug-likeness (QED) is 0.320. The van der Waals surface area contributed by atoms with Crippen LogP contribution >= 0.6 is 11.8 Å². The molecule has 0 spiro atoms. The Morgan fingerprint density at radius 3 is 2.60 bits per heavy atom. The van der Waals surface area contributed by atoms with Crippen molar-refractivity contribution < 1.29 is 14.0 Å². The Hall–Kier alpha value is -3.00. The molecule has 30 heavy (non-hydrogen) atoms. The number of thioether (sulfide) groups is 1. The molecule has 1 N–H and O–H groups in total. The van der Waals surface area contributed by atoms with Crippen molar-refractivity contribution in [3.8, 4) is 5.69 Å². The van der Waals surface area contributed by atoms with Gasteiger partial charge in [-0.15, -0.1) is 10.2 Å². The van der Waals surface area contributed by atoms with E-state index in [0.29, 0.717) is 23.7 Å². The van der Waals surface area contributed by atoms with Crippen molar-refractivity contribution in [2.45, 2.75) is 31.8 Å². The normalized spacial score (nSPS) is 10.8. The van der Waals surface area contributed by atoms with E-state index in [0.717, 1.165) is 23.5 Å². The SMILES string of the molecule is CC(=O)NCCCc1nnc(SCC(=O)c2ccc(F)cc2)n1-c1cccc(C)c1. The molecule has 2 aromatic carbocycles. The lowest BCUT2D eigenvalue weighted by Gasteiger charge is -2.11. The monoisotopic (exact) mass is 426 g/mol. The Bertz CT molecular complexity index is 1030. The van der Waals surface area contributed by atoms with Crippen LogP contribution in [0.25, 0.3) is 5.69 Å². The molecule has 0 fully saturated rings. The van der Waals surface area contributed by atoms with E-state index in [4.69, 9.17) is 0 Å². The third kappa shape index (κ3) is 5.76. The zero-order valence-corrected chi connectivity index (χ0v) is 17.7. The Kier molecular flexibility index (Phi) is 7.35. The Morgan fingerprint density at radius 2 is 1.90 bits per heavy atom. The van der Waals surface area contributed by atoms with Crippen molar-refractivity contribution in [2.24, 2.45) is 0 Å². The Balaban J connectivity index is 1.78. The number of carbonyl (C=O) groups is 2. The smallest absolute Gasteiger partial charge is 0.216 e. The molecule has 8 heteroatoms. The van der Waals surface area contributed by atoms with Crippen LogP contribution in [0.2, 0.25) is 0 Å². The molecule has 0 bridgehead atoms. The van der Waals surface area contributed by atoms with E-state index in [1.807, 2.05) is 35.8 Å². The standard InChI is InChI=1S/C22H23FN4O2S/c1-15-5-3-6-19(13-15)27-21(7-4-12-24-16(2)28)25-26-22(27)30-14-20(29)17-8-10-18(23)11-9-17/h3,5-6,8-11,13H,4,7,12,14H2,1-2H3,(H,24,28). The number of ketones is 1. The third-order valence-electron chi connectivity index (χ3n) is 4.41. The average Bonchev–Trinajstić information content (AvgIpc) is 3.12. The number of aromatic nitrogens is 3. The molecule has 6 nitrogen and oxygen atoms in total. The van der Waals surface area contributed by atoms with Crippen LogP contribution in [0.4, 0.5) is 4.39 Å². The molecule has 0 saturated heterocycles. The second-order valence-electron chi connectivity index (χ2n) is 6.88. The summed E-state index contributed by atoms with van der Waals surface area (Å²) in [6.07, 6.45) is 1.36. The summed E-state index contributed by atoms with van der Waals surface area (Å²) < 4.78 is 15.0. The van der Waals surface area contributed by atoms with Crippen LogP contribution in [0, 0.1) is 12.7 Å². The minimum absolute atomic E-state index is 0.0642. The van der Waals surface area contributed by atoms with Crippen molar-refractivity contribution in [1.82, 2.24) is 20.1 Å². The molecular weight excluding hydrogens is 403 g/mol. The fraction of sp³-hybridized carbons (Fsp3) is 0.273. The second-order valence-corrected chi connectivity index (χ2v) is 7.82. The van der Waals surface area contributed by atoms with Gasteiger partial charge in [-0.2, -0.15) is 0 Å². The summed E-state index contributed by atoms with van der Waals surface area (Å²) in [5.41, 5.74) is 2.48. The van der Waals surface area contributed by atoms with Gasteiger partial charge in [-0.05, 0) is 55.3 Å². The second kappa shape index (κ2) is 10.2. The van der Waals surface area contributed by atoms with Crippen LogP contribution in [0.1, 0.15) is 35.1 Å². The van der Waals surface area contributed by atoms with Crippen LogP contribution in [-0.4, -0.2) is 38.8 Å². The zero-order chi connectivity index (χ0) is 21.5. The minimum Gasteiger partial charge on any atom is -0.356 e. The molecular formula is C22H23FN4O2S. The number of hydrogen-bond donors (Lipinski definition) is 1.